The van der Waals surface area contributed by atoms with Crippen molar-refractivity contribution < 1.29 is 19.4 Å². The van der Waals surface area contributed by atoms with Crippen molar-refractivity contribution in [1.82, 2.24) is 20.5 Å². The van der Waals surface area contributed by atoms with E-state index in [2.05, 4.69) is 20.5 Å². The number of pyridine rings is 1. The van der Waals surface area contributed by atoms with Gasteiger partial charge in [0.25, 0.3) is 5.91 Å². The molecular formula is C21H32N4O4. The van der Waals surface area contributed by atoms with Crippen LogP contribution in [0, 0.1) is 0 Å². The monoisotopic (exact) mass is 404 g/mol. The van der Waals surface area contributed by atoms with E-state index in [0.29, 0.717) is 24.9 Å². The number of likely N-dealkylation sites (tertiary alicyclic amines) is 1. The first-order valence-corrected chi connectivity index (χ1v) is 10.6. The fourth-order valence-electron chi connectivity index (χ4n) is 4.01. The Kier molecular flexibility index (Phi) is 8.39. The Morgan fingerprint density at radius 2 is 2.07 bits per heavy atom. The van der Waals surface area contributed by atoms with Crippen molar-refractivity contribution in [2.45, 2.75) is 56.8 Å². The maximum absolute atomic E-state index is 12.3. The Hall–Kier alpha value is -2.03. The Bertz CT molecular complexity index is 651. The van der Waals surface area contributed by atoms with E-state index in [1.165, 1.54) is 25.5 Å². The highest BCUT2D eigenvalue weighted by atomic mass is 16.5. The molecule has 1 aromatic rings. The molecule has 0 aromatic carbocycles. The fraction of sp³-hybridized carbons (Fsp3) is 0.667. The molecule has 1 aromatic heterocycles. The Morgan fingerprint density at radius 1 is 1.24 bits per heavy atom. The number of nitrogens with one attached hydrogen (secondary N) is 2. The lowest BCUT2D eigenvalue weighted by Crippen LogP contribution is -2.51. The number of hydrogen-bond donors (Lipinski definition) is 3. The molecule has 3 atom stereocenters. The van der Waals surface area contributed by atoms with Crippen molar-refractivity contribution in [2.24, 2.45) is 0 Å². The van der Waals surface area contributed by atoms with E-state index >= 15 is 0 Å². The normalized spacial score (nSPS) is 25.3. The van der Waals surface area contributed by atoms with Crippen LogP contribution in [-0.2, 0) is 9.53 Å². The first-order valence-electron chi connectivity index (χ1n) is 10.6. The van der Waals surface area contributed by atoms with E-state index < -0.39 is 6.10 Å². The number of piperidine rings is 1. The van der Waals surface area contributed by atoms with Gasteiger partial charge in [0.1, 0.15) is 6.10 Å². The van der Waals surface area contributed by atoms with Gasteiger partial charge < -0.3 is 25.4 Å². The maximum Gasteiger partial charge on any atom is 0.253 e. The summed E-state index contributed by atoms with van der Waals surface area (Å²) in [7, 11) is 0. The van der Waals surface area contributed by atoms with Crippen LogP contribution in [0.15, 0.2) is 24.5 Å². The molecule has 2 saturated heterocycles. The second-order valence-electron chi connectivity index (χ2n) is 7.83. The summed E-state index contributed by atoms with van der Waals surface area (Å²) < 4.78 is 5.90. The van der Waals surface area contributed by atoms with Crippen molar-refractivity contribution in [3.05, 3.63) is 30.1 Å². The number of carbonyl (C=O) groups is 2. The zero-order chi connectivity index (χ0) is 20.5. The SMILES string of the molecule is O=C(C[C@@H]1CC[C@@H](NC(=O)c2cccnc2)[C@@H](CO)O1)NCCN1CCCCC1. The zero-order valence-electron chi connectivity index (χ0n) is 16.9. The van der Waals surface area contributed by atoms with Crippen LogP contribution in [0.3, 0.4) is 0 Å². The van der Waals surface area contributed by atoms with E-state index in [1.807, 2.05) is 0 Å². The van der Waals surface area contributed by atoms with E-state index in [-0.39, 0.29) is 37.0 Å². The summed E-state index contributed by atoms with van der Waals surface area (Å²) >= 11 is 0. The summed E-state index contributed by atoms with van der Waals surface area (Å²) in [4.78, 5) is 30.9. The van der Waals surface area contributed by atoms with Crippen LogP contribution in [-0.4, -0.2) is 77.8 Å². The molecule has 0 radical (unpaired) electrons. The van der Waals surface area contributed by atoms with Gasteiger partial charge in [0.15, 0.2) is 0 Å². The number of amides is 2. The van der Waals surface area contributed by atoms with E-state index in [4.69, 9.17) is 4.74 Å². The van der Waals surface area contributed by atoms with Gasteiger partial charge in [-0.3, -0.25) is 14.6 Å². The number of carbonyl (C=O) groups excluding carboxylic acids is 2. The van der Waals surface area contributed by atoms with Crippen LogP contribution in [0.1, 0.15) is 48.9 Å². The molecule has 160 valence electrons. The second-order valence-corrected chi connectivity index (χ2v) is 7.83. The number of hydrogen-bond acceptors (Lipinski definition) is 6. The van der Waals surface area contributed by atoms with Gasteiger partial charge in [0, 0.05) is 25.5 Å². The Balaban J connectivity index is 1.39. The number of aliphatic hydroxyl groups excluding tert-OH is 1. The molecule has 0 spiro atoms. The molecule has 3 heterocycles. The van der Waals surface area contributed by atoms with E-state index in [9.17, 15) is 14.7 Å². The van der Waals surface area contributed by atoms with E-state index in [1.54, 1.807) is 18.3 Å². The van der Waals surface area contributed by atoms with Crippen LogP contribution >= 0.6 is 0 Å². The third-order valence-electron chi connectivity index (χ3n) is 5.65. The van der Waals surface area contributed by atoms with Gasteiger partial charge in [-0.2, -0.15) is 0 Å². The molecule has 8 heteroatoms. The molecular weight excluding hydrogens is 372 g/mol. The second kappa shape index (κ2) is 11.2. The van der Waals surface area contributed by atoms with Gasteiger partial charge in [-0.15, -0.1) is 0 Å². The minimum absolute atomic E-state index is 0.0263. The zero-order valence-corrected chi connectivity index (χ0v) is 16.9. The first kappa shape index (κ1) is 21.7. The summed E-state index contributed by atoms with van der Waals surface area (Å²) in [6, 6.07) is 3.11. The van der Waals surface area contributed by atoms with Gasteiger partial charge >= 0.3 is 0 Å². The highest BCUT2D eigenvalue weighted by molar-refractivity contribution is 5.94. The highest BCUT2D eigenvalue weighted by Gasteiger charge is 2.33. The number of nitrogens with zero attached hydrogens (tertiary/aromatic N) is 2. The van der Waals surface area contributed by atoms with Crippen molar-refractivity contribution in [3.63, 3.8) is 0 Å². The van der Waals surface area contributed by atoms with Crippen LogP contribution in [0.4, 0.5) is 0 Å². The topological polar surface area (TPSA) is 104 Å². The molecule has 29 heavy (non-hydrogen) atoms. The lowest BCUT2D eigenvalue weighted by molar-refractivity contribution is -0.130. The largest absolute Gasteiger partial charge is 0.394 e. The maximum atomic E-state index is 12.3. The molecule has 2 fully saturated rings. The standard InChI is InChI=1S/C21H32N4O4/c26-15-19-18(24-21(28)16-5-4-8-22-14-16)7-6-17(29-19)13-20(27)23-9-12-25-10-2-1-3-11-25/h4-5,8,14,17-19,26H,1-3,6-7,9-13,15H2,(H,23,27)(H,24,28)/t17-,18+,19+/m0/s1. The molecule has 0 aliphatic carbocycles. The predicted molar refractivity (Wildman–Crippen MR) is 108 cm³/mol. The summed E-state index contributed by atoms with van der Waals surface area (Å²) in [6.07, 6.45) is 7.73. The molecule has 0 unspecified atom stereocenters. The van der Waals surface area contributed by atoms with Gasteiger partial charge in [0.05, 0.1) is 30.7 Å². The summed E-state index contributed by atoms with van der Waals surface area (Å²) in [5, 5.41) is 15.6. The lowest BCUT2D eigenvalue weighted by atomic mass is 9.96. The Labute approximate surface area is 172 Å². The summed E-state index contributed by atoms with van der Waals surface area (Å²) in [6.45, 7) is 3.57. The average Bonchev–Trinajstić information content (AvgIpc) is 2.76. The molecule has 2 aliphatic heterocycles. The van der Waals surface area contributed by atoms with Crippen LogP contribution in [0.2, 0.25) is 0 Å². The van der Waals surface area contributed by atoms with Gasteiger partial charge in [-0.05, 0) is 50.9 Å². The molecule has 3 N–H and O–H groups in total. The number of aliphatic hydroxyl groups is 1. The molecule has 8 nitrogen and oxygen atoms in total. The molecule has 0 saturated carbocycles. The fourth-order valence-corrected chi connectivity index (χ4v) is 4.01. The van der Waals surface area contributed by atoms with Crippen LogP contribution < -0.4 is 10.6 Å². The average molecular weight is 405 g/mol. The number of ether oxygens (including phenoxy) is 1. The lowest BCUT2D eigenvalue weighted by Gasteiger charge is -2.36. The minimum Gasteiger partial charge on any atom is -0.394 e. The summed E-state index contributed by atoms with van der Waals surface area (Å²) in [5.74, 6) is -0.263. The number of aromatic nitrogens is 1. The quantitative estimate of drug-likeness (QED) is 0.590. The summed E-state index contributed by atoms with van der Waals surface area (Å²) in [5.41, 5.74) is 0.472. The minimum atomic E-state index is -0.518. The van der Waals surface area contributed by atoms with Gasteiger partial charge in [-0.25, -0.2) is 0 Å². The predicted octanol–water partition coefficient (Wildman–Crippen LogP) is 0.712. The molecule has 2 aliphatic rings. The smallest absolute Gasteiger partial charge is 0.253 e. The first-order chi connectivity index (χ1) is 14.2. The number of rotatable bonds is 8. The van der Waals surface area contributed by atoms with Crippen molar-refractivity contribution in [2.75, 3.05) is 32.8 Å². The van der Waals surface area contributed by atoms with Crippen LogP contribution in [0.25, 0.3) is 0 Å². The van der Waals surface area contributed by atoms with Crippen molar-refractivity contribution >= 4 is 11.8 Å². The van der Waals surface area contributed by atoms with Crippen molar-refractivity contribution in [1.29, 1.82) is 0 Å². The third-order valence-corrected chi connectivity index (χ3v) is 5.65. The van der Waals surface area contributed by atoms with E-state index in [0.717, 1.165) is 19.6 Å². The Morgan fingerprint density at radius 3 is 2.79 bits per heavy atom. The molecule has 2 amide bonds. The molecule has 0 bridgehead atoms. The van der Waals surface area contributed by atoms with Gasteiger partial charge in [-0.1, -0.05) is 6.42 Å². The van der Waals surface area contributed by atoms with Crippen LogP contribution in [0.5, 0.6) is 0 Å². The third kappa shape index (κ3) is 6.76. The van der Waals surface area contributed by atoms with Gasteiger partial charge in [0.2, 0.25) is 5.91 Å². The molecule has 3 rings (SSSR count). The highest BCUT2D eigenvalue weighted by Crippen LogP contribution is 2.22. The van der Waals surface area contributed by atoms with Crippen molar-refractivity contribution in [3.8, 4) is 0 Å².